The molecule has 0 unspecified atom stereocenters. The Hall–Kier alpha value is -3.36. The number of allylic oxidation sites excluding steroid dienone is 1. The first-order chi connectivity index (χ1) is 14.8. The Morgan fingerprint density at radius 3 is 2.58 bits per heavy atom. The van der Waals surface area contributed by atoms with Crippen LogP contribution in [0, 0.1) is 0 Å². The van der Waals surface area contributed by atoms with Gasteiger partial charge in [-0.15, -0.1) is 0 Å². The Morgan fingerprint density at radius 2 is 1.94 bits per heavy atom. The summed E-state index contributed by atoms with van der Waals surface area (Å²) < 4.78 is 48.1. The van der Waals surface area contributed by atoms with E-state index in [-0.39, 0.29) is 13.1 Å². The highest BCUT2D eigenvalue weighted by molar-refractivity contribution is 5.69. The minimum absolute atomic E-state index is 0.118. The van der Waals surface area contributed by atoms with Gasteiger partial charge in [-0.25, -0.2) is 9.97 Å². The second-order valence-corrected chi connectivity index (χ2v) is 7.09. The fourth-order valence-corrected chi connectivity index (χ4v) is 3.65. The van der Waals surface area contributed by atoms with Crippen LogP contribution in [0.1, 0.15) is 25.2 Å². The number of hydrogen-bond donors (Lipinski definition) is 0. The number of hydrogen-bond acceptors (Lipinski definition) is 5. The monoisotopic (exact) mass is 429 g/mol. The largest absolute Gasteiger partial charge is 0.491 e. The fraction of sp³-hybridized carbons (Fsp3) is 0.318. The summed E-state index contributed by atoms with van der Waals surface area (Å²) in [5.41, 5.74) is 2.28. The van der Waals surface area contributed by atoms with Gasteiger partial charge in [0.05, 0.1) is 30.2 Å². The molecular weight excluding hydrogens is 407 g/mol. The van der Waals surface area contributed by atoms with Gasteiger partial charge < -0.3 is 14.2 Å². The predicted octanol–water partition coefficient (Wildman–Crippen LogP) is 4.68. The molecule has 3 aromatic rings. The molecule has 0 bridgehead atoms. The van der Waals surface area contributed by atoms with Crippen LogP contribution in [0.15, 0.2) is 42.4 Å². The molecule has 0 atom stereocenters. The number of ether oxygens (including phenoxy) is 1. The van der Waals surface area contributed by atoms with E-state index in [9.17, 15) is 13.2 Å². The highest BCUT2D eigenvalue weighted by Gasteiger charge is 2.40. The zero-order valence-electron chi connectivity index (χ0n) is 17.4. The highest BCUT2D eigenvalue weighted by Crippen LogP contribution is 2.38. The standard InChI is InChI=1S/C22H22F3N5O/c1-4-30-13-17-16(11-19(30)22(23,24)25)28-21(29(17)3)20-18(31-5-2)9-8-15(27-20)14-7-6-10-26-12-14/h6-12H,4-5,13H2,1-3H3. The summed E-state index contributed by atoms with van der Waals surface area (Å²) in [6, 6.07) is 7.34. The SMILES string of the molecule is CCOc1ccc(-c2cccnc2)nc1-c1nc2c(n1C)CN(CC)C(C(F)(F)F)=C2. The molecule has 0 spiro atoms. The lowest BCUT2D eigenvalue weighted by atomic mass is 10.1. The Labute approximate surface area is 178 Å². The second-order valence-electron chi connectivity index (χ2n) is 7.09. The van der Waals surface area contributed by atoms with Crippen LogP contribution in [-0.4, -0.2) is 43.7 Å². The summed E-state index contributed by atoms with van der Waals surface area (Å²) in [6.45, 7) is 4.34. The smallest absolute Gasteiger partial charge is 0.431 e. The van der Waals surface area contributed by atoms with Crippen molar-refractivity contribution in [3.05, 3.63) is 53.7 Å². The quantitative estimate of drug-likeness (QED) is 0.589. The van der Waals surface area contributed by atoms with E-state index in [0.29, 0.717) is 41.0 Å². The van der Waals surface area contributed by atoms with E-state index in [1.54, 1.807) is 37.0 Å². The number of pyridine rings is 2. The predicted molar refractivity (Wildman–Crippen MR) is 111 cm³/mol. The van der Waals surface area contributed by atoms with Crippen LogP contribution >= 0.6 is 0 Å². The Kier molecular flexibility index (Phi) is 5.43. The van der Waals surface area contributed by atoms with Crippen LogP contribution in [0.4, 0.5) is 13.2 Å². The van der Waals surface area contributed by atoms with E-state index < -0.39 is 11.9 Å². The van der Waals surface area contributed by atoms with Crippen molar-refractivity contribution in [1.82, 2.24) is 24.4 Å². The molecule has 31 heavy (non-hydrogen) atoms. The maximum absolute atomic E-state index is 13.5. The average molecular weight is 429 g/mol. The Morgan fingerprint density at radius 1 is 1.13 bits per heavy atom. The summed E-state index contributed by atoms with van der Waals surface area (Å²) >= 11 is 0. The minimum atomic E-state index is -4.44. The zero-order chi connectivity index (χ0) is 22.2. The summed E-state index contributed by atoms with van der Waals surface area (Å²) in [5, 5.41) is 0. The number of aromatic nitrogens is 4. The Balaban J connectivity index is 1.86. The fourth-order valence-electron chi connectivity index (χ4n) is 3.65. The summed E-state index contributed by atoms with van der Waals surface area (Å²) in [7, 11) is 1.79. The van der Waals surface area contributed by atoms with E-state index in [4.69, 9.17) is 9.72 Å². The summed E-state index contributed by atoms with van der Waals surface area (Å²) in [5.74, 6) is 0.975. The van der Waals surface area contributed by atoms with Crippen LogP contribution in [0.25, 0.3) is 28.9 Å². The van der Waals surface area contributed by atoms with Gasteiger partial charge in [0.25, 0.3) is 0 Å². The molecule has 3 aromatic heterocycles. The van der Waals surface area contributed by atoms with Gasteiger partial charge in [0, 0.05) is 31.5 Å². The summed E-state index contributed by atoms with van der Waals surface area (Å²) in [6.07, 6.45) is 0.0424. The van der Waals surface area contributed by atoms with Gasteiger partial charge in [-0.2, -0.15) is 13.2 Å². The normalized spacial score (nSPS) is 13.7. The van der Waals surface area contributed by atoms with E-state index in [1.165, 1.54) is 4.90 Å². The molecule has 0 aliphatic carbocycles. The van der Waals surface area contributed by atoms with Crippen LogP contribution in [0.2, 0.25) is 0 Å². The molecule has 162 valence electrons. The number of imidazole rings is 1. The molecule has 0 radical (unpaired) electrons. The number of rotatable bonds is 5. The number of fused-ring (bicyclic) bond motifs is 1. The van der Waals surface area contributed by atoms with E-state index in [0.717, 1.165) is 11.6 Å². The molecule has 4 rings (SSSR count). The number of nitrogens with zero attached hydrogens (tertiary/aromatic N) is 5. The van der Waals surface area contributed by atoms with Crippen molar-refractivity contribution in [2.75, 3.05) is 13.2 Å². The van der Waals surface area contributed by atoms with Gasteiger partial charge in [0.15, 0.2) is 5.82 Å². The van der Waals surface area contributed by atoms with Crippen molar-refractivity contribution in [2.45, 2.75) is 26.6 Å². The zero-order valence-corrected chi connectivity index (χ0v) is 17.4. The molecule has 4 heterocycles. The number of halogens is 3. The van der Waals surface area contributed by atoms with E-state index in [1.807, 2.05) is 25.1 Å². The Bertz CT molecular complexity index is 1120. The topological polar surface area (TPSA) is 56.1 Å². The third kappa shape index (κ3) is 3.87. The van der Waals surface area contributed by atoms with Crippen molar-refractivity contribution in [3.63, 3.8) is 0 Å². The maximum Gasteiger partial charge on any atom is 0.431 e. The van der Waals surface area contributed by atoms with E-state index in [2.05, 4.69) is 9.97 Å². The van der Waals surface area contributed by atoms with Crippen LogP contribution in [-0.2, 0) is 13.6 Å². The van der Waals surface area contributed by atoms with Crippen molar-refractivity contribution in [2.24, 2.45) is 7.05 Å². The van der Waals surface area contributed by atoms with Crippen molar-refractivity contribution in [1.29, 1.82) is 0 Å². The van der Waals surface area contributed by atoms with Gasteiger partial charge in [-0.1, -0.05) is 0 Å². The van der Waals surface area contributed by atoms with Crippen LogP contribution in [0.5, 0.6) is 5.75 Å². The first kappa shape index (κ1) is 20.9. The van der Waals surface area contributed by atoms with Crippen LogP contribution in [0.3, 0.4) is 0 Å². The molecule has 0 fully saturated rings. The summed E-state index contributed by atoms with van der Waals surface area (Å²) in [4.78, 5) is 14.7. The molecule has 0 saturated heterocycles. The van der Waals surface area contributed by atoms with Gasteiger partial charge in [0.1, 0.15) is 17.1 Å². The lowest BCUT2D eigenvalue weighted by Gasteiger charge is -2.30. The first-order valence-electron chi connectivity index (χ1n) is 9.97. The molecule has 0 saturated carbocycles. The third-order valence-electron chi connectivity index (χ3n) is 5.20. The van der Waals surface area contributed by atoms with Gasteiger partial charge >= 0.3 is 6.18 Å². The lowest BCUT2D eigenvalue weighted by molar-refractivity contribution is -0.111. The molecule has 0 N–H and O–H groups in total. The van der Waals surface area contributed by atoms with E-state index >= 15 is 0 Å². The molecule has 0 aromatic carbocycles. The second kappa shape index (κ2) is 8.05. The molecule has 1 aliphatic rings. The first-order valence-corrected chi connectivity index (χ1v) is 9.97. The third-order valence-corrected chi connectivity index (χ3v) is 5.20. The van der Waals surface area contributed by atoms with Crippen molar-refractivity contribution < 1.29 is 17.9 Å². The van der Waals surface area contributed by atoms with Crippen molar-refractivity contribution >= 4 is 6.08 Å². The molecule has 6 nitrogen and oxygen atoms in total. The van der Waals surface area contributed by atoms with Gasteiger partial charge in [-0.3, -0.25) is 4.98 Å². The lowest BCUT2D eigenvalue weighted by Crippen LogP contribution is -2.34. The highest BCUT2D eigenvalue weighted by atomic mass is 19.4. The minimum Gasteiger partial charge on any atom is -0.491 e. The number of alkyl halides is 3. The molecular formula is C22H22F3N5O. The molecule has 1 aliphatic heterocycles. The molecule has 9 heteroatoms. The maximum atomic E-state index is 13.5. The molecule has 0 amide bonds. The van der Waals surface area contributed by atoms with Gasteiger partial charge in [0.2, 0.25) is 0 Å². The van der Waals surface area contributed by atoms with Crippen molar-refractivity contribution in [3.8, 4) is 28.5 Å². The van der Waals surface area contributed by atoms with Crippen LogP contribution < -0.4 is 4.74 Å². The average Bonchev–Trinajstić information content (AvgIpc) is 3.09. The van der Waals surface area contributed by atoms with Gasteiger partial charge in [-0.05, 0) is 44.2 Å².